The zero-order valence-corrected chi connectivity index (χ0v) is 12.6. The fourth-order valence-corrected chi connectivity index (χ4v) is 2.98. The summed E-state index contributed by atoms with van der Waals surface area (Å²) in [7, 11) is 0. The molecular weight excluding hydrogens is 312 g/mol. The Morgan fingerprint density at radius 1 is 0.944 bits per heavy atom. The maximum absolute atomic E-state index is 10.4. The van der Waals surface area contributed by atoms with E-state index in [0.29, 0.717) is 5.02 Å². The first-order chi connectivity index (χ1) is 8.45. The zero-order valence-electron chi connectivity index (χ0n) is 10.2. The summed E-state index contributed by atoms with van der Waals surface area (Å²) < 4.78 is 0.869. The number of hydrogen-bond acceptors (Lipinski definition) is 1. The van der Waals surface area contributed by atoms with Crippen molar-refractivity contribution in [2.75, 3.05) is 0 Å². The lowest BCUT2D eigenvalue weighted by Crippen LogP contribution is -2.00. The van der Waals surface area contributed by atoms with E-state index in [2.05, 4.69) is 22.0 Å². The monoisotopic (exact) mass is 324 g/mol. The first-order valence-corrected chi connectivity index (χ1v) is 6.85. The first-order valence-electron chi connectivity index (χ1n) is 5.68. The molecule has 2 aromatic carbocycles. The number of aliphatic hydroxyl groups excluding tert-OH is 1. The highest BCUT2D eigenvalue weighted by molar-refractivity contribution is 9.10. The van der Waals surface area contributed by atoms with E-state index in [4.69, 9.17) is 11.6 Å². The van der Waals surface area contributed by atoms with Gasteiger partial charge in [-0.2, -0.15) is 0 Å². The van der Waals surface area contributed by atoms with Gasteiger partial charge in [0.2, 0.25) is 0 Å². The molecule has 3 heteroatoms. The molecule has 1 N–H and O–H groups in total. The number of benzene rings is 2. The van der Waals surface area contributed by atoms with Crippen molar-refractivity contribution in [1.29, 1.82) is 0 Å². The van der Waals surface area contributed by atoms with Crippen LogP contribution in [0.4, 0.5) is 0 Å². The summed E-state index contributed by atoms with van der Waals surface area (Å²) in [5.74, 6) is 0. The summed E-state index contributed by atoms with van der Waals surface area (Å²) in [6.07, 6.45) is -0.654. The van der Waals surface area contributed by atoms with Crippen LogP contribution in [0.25, 0.3) is 0 Å². The summed E-state index contributed by atoms with van der Waals surface area (Å²) >= 11 is 9.39. The minimum Gasteiger partial charge on any atom is -0.384 e. The van der Waals surface area contributed by atoms with Crippen LogP contribution in [-0.2, 0) is 0 Å². The van der Waals surface area contributed by atoms with Crippen LogP contribution in [0.3, 0.4) is 0 Å². The topological polar surface area (TPSA) is 20.2 Å². The predicted molar refractivity (Wildman–Crippen MR) is 79.1 cm³/mol. The van der Waals surface area contributed by atoms with Crippen LogP contribution in [0.5, 0.6) is 0 Å². The number of aryl methyl sites for hydroxylation is 2. The summed E-state index contributed by atoms with van der Waals surface area (Å²) in [5.41, 5.74) is 3.97. The van der Waals surface area contributed by atoms with Gasteiger partial charge in [0.25, 0.3) is 0 Å². The van der Waals surface area contributed by atoms with Crippen molar-refractivity contribution in [3.8, 4) is 0 Å². The van der Waals surface area contributed by atoms with Crippen LogP contribution in [0.15, 0.2) is 40.9 Å². The van der Waals surface area contributed by atoms with Gasteiger partial charge in [0.15, 0.2) is 0 Å². The van der Waals surface area contributed by atoms with Gasteiger partial charge in [-0.1, -0.05) is 56.9 Å². The van der Waals surface area contributed by atoms with Crippen molar-refractivity contribution in [1.82, 2.24) is 0 Å². The second-order valence-corrected chi connectivity index (χ2v) is 5.88. The Morgan fingerprint density at radius 2 is 1.50 bits per heavy atom. The van der Waals surface area contributed by atoms with Crippen molar-refractivity contribution in [2.45, 2.75) is 20.0 Å². The highest BCUT2D eigenvalue weighted by Gasteiger charge is 2.12. The number of halogens is 2. The molecule has 0 fully saturated rings. The Labute approximate surface area is 121 Å². The van der Waals surface area contributed by atoms with E-state index in [9.17, 15) is 5.11 Å². The lowest BCUT2D eigenvalue weighted by atomic mass is 9.98. The average molecular weight is 326 g/mol. The number of hydrogen-bond donors (Lipinski definition) is 1. The molecule has 1 nitrogen and oxygen atoms in total. The molecular formula is C15H14BrClO. The molecule has 0 bridgehead atoms. The fraction of sp³-hybridized carbons (Fsp3) is 0.200. The molecule has 18 heavy (non-hydrogen) atoms. The molecule has 0 aliphatic heterocycles. The van der Waals surface area contributed by atoms with Crippen LogP contribution in [0.2, 0.25) is 5.02 Å². The molecule has 0 saturated heterocycles. The van der Waals surface area contributed by atoms with E-state index < -0.39 is 6.10 Å². The minimum atomic E-state index is -0.654. The minimum absolute atomic E-state index is 0.614. The van der Waals surface area contributed by atoms with Gasteiger partial charge in [0.1, 0.15) is 6.10 Å². The molecule has 0 aromatic heterocycles. The van der Waals surface area contributed by atoms with Crippen molar-refractivity contribution >= 4 is 27.5 Å². The Hall–Kier alpha value is -0.830. The summed E-state index contributed by atoms with van der Waals surface area (Å²) in [6.45, 7) is 4.05. The molecule has 1 atom stereocenters. The number of aliphatic hydroxyl groups is 1. The maximum atomic E-state index is 10.4. The van der Waals surface area contributed by atoms with E-state index in [0.717, 1.165) is 26.7 Å². The molecule has 0 amide bonds. The molecule has 0 spiro atoms. The summed E-state index contributed by atoms with van der Waals surface area (Å²) in [4.78, 5) is 0. The molecule has 0 aliphatic carbocycles. The summed E-state index contributed by atoms with van der Waals surface area (Å²) in [6, 6.07) is 11.5. The molecule has 0 heterocycles. The maximum Gasteiger partial charge on any atom is 0.104 e. The van der Waals surface area contributed by atoms with Crippen LogP contribution < -0.4 is 0 Å². The van der Waals surface area contributed by atoms with E-state index in [1.165, 1.54) is 0 Å². The van der Waals surface area contributed by atoms with Gasteiger partial charge in [-0.15, -0.1) is 0 Å². The highest BCUT2D eigenvalue weighted by Crippen LogP contribution is 2.28. The van der Waals surface area contributed by atoms with Crippen molar-refractivity contribution in [3.05, 3.63) is 68.1 Å². The molecule has 94 valence electrons. The van der Waals surface area contributed by atoms with Gasteiger partial charge in [0, 0.05) is 9.50 Å². The van der Waals surface area contributed by atoms with E-state index in [1.54, 1.807) is 12.1 Å². The lowest BCUT2D eigenvalue weighted by Gasteiger charge is -2.14. The van der Waals surface area contributed by atoms with E-state index in [-0.39, 0.29) is 0 Å². The second-order valence-electron chi connectivity index (χ2n) is 4.53. The van der Waals surface area contributed by atoms with Gasteiger partial charge in [-0.25, -0.2) is 0 Å². The van der Waals surface area contributed by atoms with Gasteiger partial charge >= 0.3 is 0 Å². The quantitative estimate of drug-likeness (QED) is 0.841. The Balaban J connectivity index is 2.43. The Morgan fingerprint density at radius 3 is 2.06 bits per heavy atom. The van der Waals surface area contributed by atoms with Crippen molar-refractivity contribution in [2.24, 2.45) is 0 Å². The third kappa shape index (κ3) is 3.14. The molecule has 2 rings (SSSR count). The second kappa shape index (κ2) is 5.43. The van der Waals surface area contributed by atoms with Crippen LogP contribution in [0, 0.1) is 13.8 Å². The van der Waals surface area contributed by atoms with Gasteiger partial charge in [-0.3, -0.25) is 0 Å². The van der Waals surface area contributed by atoms with Gasteiger partial charge in [-0.05, 0) is 43.2 Å². The van der Waals surface area contributed by atoms with Crippen LogP contribution in [-0.4, -0.2) is 5.11 Å². The third-order valence-electron chi connectivity index (χ3n) is 2.76. The van der Waals surface area contributed by atoms with Gasteiger partial charge in [0.05, 0.1) is 0 Å². The van der Waals surface area contributed by atoms with E-state index >= 15 is 0 Å². The van der Waals surface area contributed by atoms with Crippen molar-refractivity contribution in [3.63, 3.8) is 0 Å². The molecule has 0 saturated carbocycles. The average Bonchev–Trinajstić information content (AvgIpc) is 2.25. The Kier molecular flexibility index (Phi) is 4.10. The zero-order chi connectivity index (χ0) is 13.3. The molecule has 0 aliphatic rings. The smallest absolute Gasteiger partial charge is 0.104 e. The van der Waals surface area contributed by atoms with Gasteiger partial charge < -0.3 is 5.11 Å². The highest BCUT2D eigenvalue weighted by atomic mass is 79.9. The molecule has 0 radical (unpaired) electrons. The molecule has 2 aromatic rings. The van der Waals surface area contributed by atoms with Crippen LogP contribution >= 0.6 is 27.5 Å². The van der Waals surface area contributed by atoms with E-state index in [1.807, 2.05) is 32.0 Å². The fourth-order valence-electron chi connectivity index (χ4n) is 2.09. The van der Waals surface area contributed by atoms with Crippen LogP contribution in [0.1, 0.15) is 28.4 Å². The summed E-state index contributed by atoms with van der Waals surface area (Å²) in [5, 5.41) is 11.0. The third-order valence-corrected chi connectivity index (χ3v) is 3.44. The first kappa shape index (κ1) is 13.6. The SMILES string of the molecule is Cc1cc(C)cc(C(O)c2cc(Cl)cc(Br)c2)c1. The predicted octanol–water partition coefficient (Wildman–Crippen LogP) is 4.80. The lowest BCUT2D eigenvalue weighted by molar-refractivity contribution is 0.220. The largest absolute Gasteiger partial charge is 0.384 e. The normalized spacial score (nSPS) is 12.5. The number of rotatable bonds is 2. The Bertz CT molecular complexity index is 489. The standard InChI is InChI=1S/C15H14BrClO/c1-9-3-10(2)5-11(4-9)15(18)12-6-13(16)8-14(17)7-12/h3-8,15,18H,1-2H3. The van der Waals surface area contributed by atoms with Crippen molar-refractivity contribution < 1.29 is 5.11 Å². The molecule has 1 unspecified atom stereocenters.